The van der Waals surface area contributed by atoms with E-state index in [9.17, 15) is 0 Å². The Morgan fingerprint density at radius 1 is 1.50 bits per heavy atom. The van der Waals surface area contributed by atoms with Crippen LogP contribution < -0.4 is 10.6 Å². The van der Waals surface area contributed by atoms with Crippen molar-refractivity contribution in [2.45, 2.75) is 25.3 Å². The summed E-state index contributed by atoms with van der Waals surface area (Å²) in [7, 11) is 0. The van der Waals surface area contributed by atoms with E-state index in [1.165, 1.54) is 19.0 Å². The quantitative estimate of drug-likeness (QED) is 0.784. The third kappa shape index (κ3) is 2.67. The lowest BCUT2D eigenvalue weighted by Gasteiger charge is -2.11. The maximum absolute atomic E-state index is 8.82. The van der Waals surface area contributed by atoms with Crippen molar-refractivity contribution < 1.29 is 0 Å². The summed E-state index contributed by atoms with van der Waals surface area (Å²) in [5, 5.41) is 15.4. The standard InChI is InChI=1S/C11H15N5/c12-8-10-11(16-7-6-14-10)15-5-3-9-2-1-4-13-9/h6-7,9,13H,1-5H2,(H,15,16)/t9-/m1/s1. The van der Waals surface area contributed by atoms with Crippen LogP contribution in [0.4, 0.5) is 5.82 Å². The largest absolute Gasteiger partial charge is 0.368 e. The lowest BCUT2D eigenvalue weighted by molar-refractivity contribution is 0.574. The van der Waals surface area contributed by atoms with Crippen molar-refractivity contribution in [2.75, 3.05) is 18.4 Å². The van der Waals surface area contributed by atoms with Crippen molar-refractivity contribution >= 4 is 5.82 Å². The van der Waals surface area contributed by atoms with E-state index in [-0.39, 0.29) is 0 Å². The predicted octanol–water partition coefficient (Wildman–Crippen LogP) is 0.902. The van der Waals surface area contributed by atoms with Gasteiger partial charge >= 0.3 is 0 Å². The van der Waals surface area contributed by atoms with Crippen LogP contribution >= 0.6 is 0 Å². The van der Waals surface area contributed by atoms with Gasteiger partial charge in [0.1, 0.15) is 6.07 Å². The molecule has 2 heterocycles. The molecule has 1 aromatic heterocycles. The van der Waals surface area contributed by atoms with Crippen molar-refractivity contribution in [3.8, 4) is 6.07 Å². The van der Waals surface area contributed by atoms with Crippen molar-refractivity contribution in [3.63, 3.8) is 0 Å². The Bertz CT molecular complexity index is 378. The van der Waals surface area contributed by atoms with Crippen LogP contribution in [0.3, 0.4) is 0 Å². The number of aromatic nitrogens is 2. The minimum atomic E-state index is 0.363. The second kappa shape index (κ2) is 5.42. The van der Waals surface area contributed by atoms with E-state index in [1.54, 1.807) is 6.20 Å². The third-order valence-electron chi connectivity index (χ3n) is 2.75. The van der Waals surface area contributed by atoms with Crippen LogP contribution in [0, 0.1) is 11.3 Å². The van der Waals surface area contributed by atoms with Gasteiger partial charge < -0.3 is 10.6 Å². The van der Waals surface area contributed by atoms with E-state index in [0.29, 0.717) is 17.6 Å². The van der Waals surface area contributed by atoms with Gasteiger partial charge in [0.05, 0.1) is 0 Å². The molecular formula is C11H15N5. The highest BCUT2D eigenvalue weighted by Gasteiger charge is 2.13. The molecule has 1 aliphatic rings. The molecule has 2 rings (SSSR count). The Morgan fingerprint density at radius 3 is 3.12 bits per heavy atom. The summed E-state index contributed by atoms with van der Waals surface area (Å²) in [5.41, 5.74) is 0.363. The monoisotopic (exact) mass is 217 g/mol. The summed E-state index contributed by atoms with van der Waals surface area (Å²) in [4.78, 5) is 8.04. The molecule has 1 aromatic rings. The Balaban J connectivity index is 1.82. The molecule has 1 fully saturated rings. The first-order valence-corrected chi connectivity index (χ1v) is 5.58. The molecule has 0 saturated carbocycles. The molecule has 5 nitrogen and oxygen atoms in total. The normalized spacial score (nSPS) is 19.3. The fourth-order valence-electron chi connectivity index (χ4n) is 1.92. The second-order valence-electron chi connectivity index (χ2n) is 3.87. The van der Waals surface area contributed by atoms with Crippen LogP contribution in [0.25, 0.3) is 0 Å². The molecule has 0 radical (unpaired) electrons. The first-order chi connectivity index (χ1) is 7.90. The zero-order valence-corrected chi connectivity index (χ0v) is 9.11. The van der Waals surface area contributed by atoms with E-state index in [2.05, 4.69) is 20.6 Å². The Hall–Kier alpha value is -1.67. The summed E-state index contributed by atoms with van der Waals surface area (Å²) >= 11 is 0. The van der Waals surface area contributed by atoms with Crippen LogP contribution in [-0.4, -0.2) is 29.1 Å². The van der Waals surface area contributed by atoms with Crippen molar-refractivity contribution in [3.05, 3.63) is 18.1 Å². The maximum Gasteiger partial charge on any atom is 0.182 e. The zero-order chi connectivity index (χ0) is 11.2. The fourth-order valence-corrected chi connectivity index (χ4v) is 1.92. The number of rotatable bonds is 4. The third-order valence-corrected chi connectivity index (χ3v) is 2.75. The van der Waals surface area contributed by atoms with E-state index < -0.39 is 0 Å². The van der Waals surface area contributed by atoms with Crippen LogP contribution in [0.5, 0.6) is 0 Å². The summed E-state index contributed by atoms with van der Waals surface area (Å²) in [5.74, 6) is 0.586. The highest BCUT2D eigenvalue weighted by Crippen LogP contribution is 2.10. The maximum atomic E-state index is 8.82. The highest BCUT2D eigenvalue weighted by atomic mass is 15.0. The highest BCUT2D eigenvalue weighted by molar-refractivity contribution is 5.46. The number of hydrogen-bond donors (Lipinski definition) is 2. The minimum absolute atomic E-state index is 0.363. The summed E-state index contributed by atoms with van der Waals surface area (Å²) in [6.45, 7) is 1.95. The van der Waals surface area contributed by atoms with Crippen LogP contribution in [0.1, 0.15) is 25.0 Å². The number of hydrogen-bond acceptors (Lipinski definition) is 5. The van der Waals surface area contributed by atoms with Gasteiger partial charge in [0.15, 0.2) is 11.5 Å². The van der Waals surface area contributed by atoms with E-state index in [0.717, 1.165) is 19.5 Å². The second-order valence-corrected chi connectivity index (χ2v) is 3.87. The molecule has 0 spiro atoms. The predicted molar refractivity (Wildman–Crippen MR) is 60.9 cm³/mol. The molecule has 0 unspecified atom stereocenters. The molecule has 1 atom stereocenters. The first-order valence-electron chi connectivity index (χ1n) is 5.58. The molecule has 1 aliphatic heterocycles. The van der Waals surface area contributed by atoms with Crippen molar-refractivity contribution in [1.29, 1.82) is 5.26 Å². The van der Waals surface area contributed by atoms with Gasteiger partial charge in [-0.3, -0.25) is 0 Å². The molecule has 0 aliphatic carbocycles. The summed E-state index contributed by atoms with van der Waals surface area (Å²) in [6, 6.07) is 2.63. The number of anilines is 1. The number of nitrogens with one attached hydrogen (secondary N) is 2. The van der Waals surface area contributed by atoms with E-state index in [1.807, 2.05) is 6.07 Å². The average molecular weight is 217 g/mol. The van der Waals surface area contributed by atoms with Gasteiger partial charge in [-0.2, -0.15) is 5.26 Å². The number of nitriles is 1. The Kier molecular flexibility index (Phi) is 3.67. The van der Waals surface area contributed by atoms with Gasteiger partial charge in [0.25, 0.3) is 0 Å². The number of nitrogens with zero attached hydrogens (tertiary/aromatic N) is 3. The van der Waals surface area contributed by atoms with Gasteiger partial charge in [-0.05, 0) is 25.8 Å². The van der Waals surface area contributed by atoms with E-state index in [4.69, 9.17) is 5.26 Å². The molecule has 84 valence electrons. The summed E-state index contributed by atoms with van der Waals surface area (Å²) in [6.07, 6.45) is 6.69. The van der Waals surface area contributed by atoms with Crippen LogP contribution in [0.2, 0.25) is 0 Å². The SMILES string of the molecule is N#Cc1nccnc1NCC[C@H]1CCCN1. The molecule has 0 bridgehead atoms. The minimum Gasteiger partial charge on any atom is -0.368 e. The molecule has 0 aromatic carbocycles. The van der Waals surface area contributed by atoms with Gasteiger partial charge in [-0.15, -0.1) is 0 Å². The van der Waals surface area contributed by atoms with Crippen molar-refractivity contribution in [2.24, 2.45) is 0 Å². The lowest BCUT2D eigenvalue weighted by Crippen LogP contribution is -2.24. The fraction of sp³-hybridized carbons (Fsp3) is 0.545. The molecule has 2 N–H and O–H groups in total. The van der Waals surface area contributed by atoms with Gasteiger partial charge in [0, 0.05) is 25.0 Å². The summed E-state index contributed by atoms with van der Waals surface area (Å²) < 4.78 is 0. The lowest BCUT2D eigenvalue weighted by atomic mass is 10.1. The van der Waals surface area contributed by atoms with Crippen molar-refractivity contribution in [1.82, 2.24) is 15.3 Å². The Morgan fingerprint density at radius 2 is 2.38 bits per heavy atom. The average Bonchev–Trinajstić information content (AvgIpc) is 2.83. The topological polar surface area (TPSA) is 73.6 Å². The smallest absolute Gasteiger partial charge is 0.182 e. The molecule has 1 saturated heterocycles. The van der Waals surface area contributed by atoms with Gasteiger partial charge in [-0.1, -0.05) is 0 Å². The Labute approximate surface area is 94.9 Å². The molecule has 5 heteroatoms. The van der Waals surface area contributed by atoms with Crippen LogP contribution in [-0.2, 0) is 0 Å². The zero-order valence-electron chi connectivity index (χ0n) is 9.11. The first kappa shape index (κ1) is 10.8. The van der Waals surface area contributed by atoms with Gasteiger partial charge in [0.2, 0.25) is 0 Å². The van der Waals surface area contributed by atoms with Crippen LogP contribution in [0.15, 0.2) is 12.4 Å². The van der Waals surface area contributed by atoms with E-state index >= 15 is 0 Å². The molecular weight excluding hydrogens is 202 g/mol. The van der Waals surface area contributed by atoms with Gasteiger partial charge in [-0.25, -0.2) is 9.97 Å². The molecule has 0 amide bonds. The molecule has 16 heavy (non-hydrogen) atoms.